The number of hydrogen-bond donors (Lipinski definition) is 0. The minimum Gasteiger partial charge on any atom is -0.457 e. The number of esters is 1. The molecular formula is C15H12N2O3S. The van der Waals surface area contributed by atoms with Crippen LogP contribution < -0.4 is 4.90 Å². The highest BCUT2D eigenvalue weighted by Gasteiger charge is 2.32. The van der Waals surface area contributed by atoms with E-state index in [1.807, 2.05) is 18.2 Å². The van der Waals surface area contributed by atoms with E-state index in [-0.39, 0.29) is 11.9 Å². The van der Waals surface area contributed by atoms with Crippen LogP contribution in [-0.2, 0) is 4.74 Å². The number of anilines is 1. The Hall–Kier alpha value is -2.34. The summed E-state index contributed by atoms with van der Waals surface area (Å²) < 4.78 is 11.5. The maximum Gasteiger partial charge on any atom is 0.374 e. The van der Waals surface area contributed by atoms with Gasteiger partial charge in [-0.05, 0) is 24.3 Å². The molecule has 21 heavy (non-hydrogen) atoms. The van der Waals surface area contributed by atoms with Crippen LogP contribution in [0.5, 0.6) is 0 Å². The van der Waals surface area contributed by atoms with Crippen molar-refractivity contribution in [3.05, 3.63) is 48.4 Å². The van der Waals surface area contributed by atoms with Crippen LogP contribution in [0.25, 0.3) is 10.2 Å². The first-order valence-corrected chi connectivity index (χ1v) is 7.46. The summed E-state index contributed by atoms with van der Waals surface area (Å²) in [6.07, 6.45) is 1.36. The Labute approximate surface area is 124 Å². The lowest BCUT2D eigenvalue weighted by Gasteiger charge is -2.37. The first-order valence-electron chi connectivity index (χ1n) is 6.64. The average molecular weight is 300 g/mol. The lowest BCUT2D eigenvalue weighted by molar-refractivity contribution is 0.0200. The third kappa shape index (κ3) is 2.27. The van der Waals surface area contributed by atoms with Gasteiger partial charge in [-0.3, -0.25) is 0 Å². The summed E-state index contributed by atoms with van der Waals surface area (Å²) in [6, 6.07) is 11.3. The van der Waals surface area contributed by atoms with E-state index in [9.17, 15) is 4.79 Å². The Bertz CT molecular complexity index is 742. The van der Waals surface area contributed by atoms with Crippen molar-refractivity contribution in [2.75, 3.05) is 18.0 Å². The fourth-order valence-corrected chi connectivity index (χ4v) is 3.25. The number of hydrogen-bond acceptors (Lipinski definition) is 6. The molecule has 106 valence electrons. The second-order valence-electron chi connectivity index (χ2n) is 4.87. The minimum atomic E-state index is -0.408. The number of carbonyl (C=O) groups excluding carboxylic acids is 1. The molecular weight excluding hydrogens is 288 g/mol. The highest BCUT2D eigenvalue weighted by atomic mass is 32.1. The normalized spacial score (nSPS) is 15.1. The predicted octanol–water partition coefficient (Wildman–Crippen LogP) is 2.93. The monoisotopic (exact) mass is 300 g/mol. The fraction of sp³-hybridized carbons (Fsp3) is 0.200. The summed E-state index contributed by atoms with van der Waals surface area (Å²) in [5, 5.41) is 0.974. The van der Waals surface area contributed by atoms with Crippen molar-refractivity contribution in [3.8, 4) is 0 Å². The zero-order chi connectivity index (χ0) is 14.2. The first-order chi connectivity index (χ1) is 10.3. The molecule has 1 aliphatic rings. The Morgan fingerprint density at radius 3 is 2.90 bits per heavy atom. The summed E-state index contributed by atoms with van der Waals surface area (Å²) in [4.78, 5) is 18.4. The number of para-hydroxylation sites is 1. The van der Waals surface area contributed by atoms with Crippen LogP contribution in [0.2, 0.25) is 0 Å². The zero-order valence-corrected chi connectivity index (χ0v) is 11.9. The molecule has 0 aliphatic carbocycles. The number of ether oxygens (including phenoxy) is 1. The van der Waals surface area contributed by atoms with Crippen molar-refractivity contribution in [2.45, 2.75) is 6.10 Å². The third-order valence-corrected chi connectivity index (χ3v) is 4.49. The summed E-state index contributed by atoms with van der Waals surface area (Å²) in [6.45, 7) is 1.35. The number of nitrogens with zero attached hydrogens (tertiary/aromatic N) is 2. The van der Waals surface area contributed by atoms with E-state index >= 15 is 0 Å². The molecule has 0 amide bonds. The van der Waals surface area contributed by atoms with Crippen LogP contribution in [0.4, 0.5) is 5.13 Å². The molecule has 1 aromatic carbocycles. The molecule has 3 heterocycles. The van der Waals surface area contributed by atoms with Gasteiger partial charge in [0.2, 0.25) is 5.76 Å². The zero-order valence-electron chi connectivity index (χ0n) is 11.1. The van der Waals surface area contributed by atoms with E-state index in [4.69, 9.17) is 9.15 Å². The number of benzene rings is 1. The van der Waals surface area contributed by atoms with Gasteiger partial charge in [-0.2, -0.15) is 0 Å². The maximum atomic E-state index is 11.7. The van der Waals surface area contributed by atoms with Crippen LogP contribution in [0, 0.1) is 0 Å². The van der Waals surface area contributed by atoms with E-state index < -0.39 is 5.97 Å². The Balaban J connectivity index is 1.39. The van der Waals surface area contributed by atoms with Gasteiger partial charge >= 0.3 is 5.97 Å². The second-order valence-corrected chi connectivity index (χ2v) is 5.88. The maximum absolute atomic E-state index is 11.7. The van der Waals surface area contributed by atoms with Crippen LogP contribution >= 0.6 is 11.3 Å². The number of thiazole rings is 1. The molecule has 0 saturated carbocycles. The van der Waals surface area contributed by atoms with Crippen molar-refractivity contribution in [3.63, 3.8) is 0 Å². The molecule has 3 aromatic rings. The molecule has 1 fully saturated rings. The smallest absolute Gasteiger partial charge is 0.374 e. The summed E-state index contributed by atoms with van der Waals surface area (Å²) >= 11 is 1.66. The molecule has 0 N–H and O–H groups in total. The van der Waals surface area contributed by atoms with Gasteiger partial charge in [-0.25, -0.2) is 9.78 Å². The Morgan fingerprint density at radius 1 is 1.29 bits per heavy atom. The molecule has 4 rings (SSSR count). The lowest BCUT2D eigenvalue weighted by Crippen LogP contribution is -2.53. The topological polar surface area (TPSA) is 55.6 Å². The van der Waals surface area contributed by atoms with Gasteiger partial charge in [0.15, 0.2) is 5.13 Å². The number of furan rings is 1. The van der Waals surface area contributed by atoms with Gasteiger partial charge in [0.05, 0.1) is 29.6 Å². The molecule has 0 atom stereocenters. The largest absolute Gasteiger partial charge is 0.457 e. The van der Waals surface area contributed by atoms with Crippen LogP contribution in [0.1, 0.15) is 10.6 Å². The number of aromatic nitrogens is 1. The molecule has 0 unspecified atom stereocenters. The Morgan fingerprint density at radius 2 is 2.14 bits per heavy atom. The highest BCUT2D eigenvalue weighted by Crippen LogP contribution is 2.31. The quantitative estimate of drug-likeness (QED) is 0.696. The molecule has 6 heteroatoms. The number of rotatable bonds is 3. The molecule has 2 aromatic heterocycles. The van der Waals surface area contributed by atoms with Gasteiger partial charge in [0.1, 0.15) is 6.10 Å². The van der Waals surface area contributed by atoms with Crippen LogP contribution in [-0.4, -0.2) is 30.1 Å². The number of carbonyl (C=O) groups is 1. The van der Waals surface area contributed by atoms with Gasteiger partial charge in [0, 0.05) is 0 Å². The predicted molar refractivity (Wildman–Crippen MR) is 79.7 cm³/mol. The third-order valence-electron chi connectivity index (χ3n) is 3.40. The lowest BCUT2D eigenvalue weighted by atomic mass is 10.2. The van der Waals surface area contributed by atoms with Gasteiger partial charge in [0.25, 0.3) is 0 Å². The Kier molecular flexibility index (Phi) is 2.89. The van der Waals surface area contributed by atoms with E-state index in [1.54, 1.807) is 23.5 Å². The number of fused-ring (bicyclic) bond motifs is 1. The SMILES string of the molecule is O=C(OC1CN(c2nc3ccccc3s2)C1)c1ccco1. The first kappa shape index (κ1) is 12.4. The molecule has 0 spiro atoms. The average Bonchev–Trinajstić information content (AvgIpc) is 3.10. The van der Waals surface area contributed by atoms with E-state index in [0.29, 0.717) is 13.1 Å². The highest BCUT2D eigenvalue weighted by molar-refractivity contribution is 7.22. The summed E-state index contributed by atoms with van der Waals surface area (Å²) in [5.41, 5.74) is 1.01. The van der Waals surface area contributed by atoms with Crippen molar-refractivity contribution in [1.82, 2.24) is 4.98 Å². The van der Waals surface area contributed by atoms with Crippen LogP contribution in [0.3, 0.4) is 0 Å². The van der Waals surface area contributed by atoms with E-state index in [1.165, 1.54) is 11.0 Å². The van der Waals surface area contributed by atoms with Crippen LogP contribution in [0.15, 0.2) is 47.1 Å². The summed E-state index contributed by atoms with van der Waals surface area (Å²) in [7, 11) is 0. The van der Waals surface area contributed by atoms with E-state index in [0.717, 1.165) is 10.6 Å². The fourth-order valence-electron chi connectivity index (χ4n) is 2.27. The molecule has 5 nitrogen and oxygen atoms in total. The van der Waals surface area contributed by atoms with Crippen molar-refractivity contribution in [1.29, 1.82) is 0 Å². The van der Waals surface area contributed by atoms with E-state index in [2.05, 4.69) is 16.0 Å². The molecule has 0 bridgehead atoms. The van der Waals surface area contributed by atoms with Gasteiger partial charge < -0.3 is 14.1 Å². The van der Waals surface area contributed by atoms with Gasteiger partial charge in [-0.1, -0.05) is 23.5 Å². The van der Waals surface area contributed by atoms with Crippen molar-refractivity contribution >= 4 is 32.7 Å². The molecule has 0 radical (unpaired) electrons. The second kappa shape index (κ2) is 4.89. The standard InChI is InChI=1S/C15H12N2O3S/c18-14(12-5-3-7-19-12)20-10-8-17(9-10)15-16-11-4-1-2-6-13(11)21-15/h1-7,10H,8-9H2. The van der Waals surface area contributed by atoms with Gasteiger partial charge in [-0.15, -0.1) is 0 Å². The summed E-state index contributed by atoms with van der Waals surface area (Å²) in [5.74, 6) is -0.164. The molecule has 1 aliphatic heterocycles. The van der Waals surface area contributed by atoms with Crippen molar-refractivity contribution < 1.29 is 13.9 Å². The van der Waals surface area contributed by atoms with Crippen molar-refractivity contribution in [2.24, 2.45) is 0 Å². The minimum absolute atomic E-state index is 0.102. The molecule has 1 saturated heterocycles.